The number of nitrogens with one attached hydrogen (secondary N) is 1. The van der Waals surface area contributed by atoms with Crippen molar-refractivity contribution in [2.75, 3.05) is 5.32 Å². The number of amides is 1. The van der Waals surface area contributed by atoms with Gasteiger partial charge in [-0.05, 0) is 19.1 Å². The first-order valence-corrected chi connectivity index (χ1v) is 6.14. The number of anilines is 1. The quantitative estimate of drug-likeness (QED) is 0.938. The highest BCUT2D eigenvalue weighted by molar-refractivity contribution is 6.34. The minimum atomic E-state index is -0.265. The third-order valence-corrected chi connectivity index (χ3v) is 2.99. The summed E-state index contributed by atoms with van der Waals surface area (Å²) in [5.74, 6) is -0.265. The standard InChI is InChI=1S/C12H11Cl2N3O/c1-2-17-7-8(13)5-11(17)12(18)16-10-6-15-4-3-9(10)14/h3-7H,2H2,1H3,(H,16,18). The molecule has 2 aromatic heterocycles. The van der Waals surface area contributed by atoms with Crippen LogP contribution in [0.15, 0.2) is 30.7 Å². The van der Waals surface area contributed by atoms with Gasteiger partial charge in [-0.25, -0.2) is 0 Å². The van der Waals surface area contributed by atoms with Crippen molar-refractivity contribution in [3.05, 3.63) is 46.5 Å². The number of aromatic nitrogens is 2. The van der Waals surface area contributed by atoms with Gasteiger partial charge in [-0.2, -0.15) is 0 Å². The van der Waals surface area contributed by atoms with Crippen LogP contribution < -0.4 is 5.32 Å². The van der Waals surface area contributed by atoms with E-state index in [-0.39, 0.29) is 5.91 Å². The van der Waals surface area contributed by atoms with Crippen molar-refractivity contribution in [1.82, 2.24) is 9.55 Å². The van der Waals surface area contributed by atoms with Crippen molar-refractivity contribution in [2.45, 2.75) is 13.5 Å². The van der Waals surface area contributed by atoms with Crippen molar-refractivity contribution in [1.29, 1.82) is 0 Å². The summed E-state index contributed by atoms with van der Waals surface area (Å²) >= 11 is 11.8. The Kier molecular flexibility index (Phi) is 3.89. The molecule has 0 unspecified atom stereocenters. The first kappa shape index (κ1) is 12.9. The number of carbonyl (C=O) groups excluding carboxylic acids is 1. The van der Waals surface area contributed by atoms with Crippen molar-refractivity contribution in [3.63, 3.8) is 0 Å². The Morgan fingerprint density at radius 1 is 1.50 bits per heavy atom. The number of pyridine rings is 1. The molecule has 94 valence electrons. The SMILES string of the molecule is CCn1cc(Cl)cc1C(=O)Nc1cnccc1Cl. The van der Waals surface area contributed by atoms with Gasteiger partial charge in [0.1, 0.15) is 5.69 Å². The molecular formula is C12H11Cl2N3O. The van der Waals surface area contributed by atoms with Gasteiger partial charge in [0, 0.05) is 18.9 Å². The van der Waals surface area contributed by atoms with Gasteiger partial charge in [-0.15, -0.1) is 0 Å². The number of carbonyl (C=O) groups is 1. The van der Waals surface area contributed by atoms with Crippen LogP contribution >= 0.6 is 23.2 Å². The predicted octanol–water partition coefficient (Wildman–Crippen LogP) is 3.46. The number of aryl methyl sites for hydroxylation is 1. The molecule has 2 rings (SSSR count). The fourth-order valence-electron chi connectivity index (χ4n) is 1.58. The summed E-state index contributed by atoms with van der Waals surface area (Å²) in [5.41, 5.74) is 0.964. The molecule has 0 saturated heterocycles. The van der Waals surface area contributed by atoms with Crippen molar-refractivity contribution < 1.29 is 4.79 Å². The smallest absolute Gasteiger partial charge is 0.272 e. The first-order chi connectivity index (χ1) is 8.61. The molecule has 0 saturated carbocycles. The summed E-state index contributed by atoms with van der Waals surface area (Å²) < 4.78 is 1.77. The number of nitrogens with zero attached hydrogens (tertiary/aromatic N) is 2. The highest BCUT2D eigenvalue weighted by Gasteiger charge is 2.13. The molecule has 2 heterocycles. The fraction of sp³-hybridized carbons (Fsp3) is 0.167. The lowest BCUT2D eigenvalue weighted by molar-refractivity contribution is 0.101. The number of hydrogen-bond acceptors (Lipinski definition) is 2. The van der Waals surface area contributed by atoms with Crippen LogP contribution in [-0.2, 0) is 6.54 Å². The van der Waals surface area contributed by atoms with Gasteiger partial charge in [0.2, 0.25) is 0 Å². The number of hydrogen-bond donors (Lipinski definition) is 1. The van der Waals surface area contributed by atoms with Gasteiger partial charge in [0.15, 0.2) is 0 Å². The average molecular weight is 284 g/mol. The maximum atomic E-state index is 12.1. The Bertz CT molecular complexity index is 580. The fourth-order valence-corrected chi connectivity index (χ4v) is 1.96. The van der Waals surface area contributed by atoms with E-state index < -0.39 is 0 Å². The van der Waals surface area contributed by atoms with Crippen LogP contribution in [-0.4, -0.2) is 15.5 Å². The van der Waals surface area contributed by atoms with E-state index in [1.54, 1.807) is 29.1 Å². The summed E-state index contributed by atoms with van der Waals surface area (Å²) in [4.78, 5) is 16.0. The van der Waals surface area contributed by atoms with Gasteiger partial charge < -0.3 is 9.88 Å². The van der Waals surface area contributed by atoms with Crippen LogP contribution in [0.5, 0.6) is 0 Å². The second-order valence-corrected chi connectivity index (χ2v) is 4.48. The van der Waals surface area contributed by atoms with Crippen molar-refractivity contribution in [3.8, 4) is 0 Å². The Labute approximate surface area is 115 Å². The molecule has 0 spiro atoms. The second kappa shape index (κ2) is 5.42. The van der Waals surface area contributed by atoms with Crippen LogP contribution in [0, 0.1) is 0 Å². The Morgan fingerprint density at radius 2 is 2.28 bits per heavy atom. The van der Waals surface area contributed by atoms with E-state index in [1.165, 1.54) is 6.20 Å². The molecule has 0 bridgehead atoms. The molecule has 0 aliphatic rings. The van der Waals surface area contributed by atoms with E-state index in [2.05, 4.69) is 10.3 Å². The normalized spacial score (nSPS) is 10.4. The van der Waals surface area contributed by atoms with Gasteiger partial charge >= 0.3 is 0 Å². The molecule has 1 amide bonds. The topological polar surface area (TPSA) is 46.9 Å². The molecule has 0 atom stereocenters. The lowest BCUT2D eigenvalue weighted by atomic mass is 10.3. The zero-order chi connectivity index (χ0) is 13.1. The van der Waals surface area contributed by atoms with Gasteiger partial charge in [-0.3, -0.25) is 9.78 Å². The zero-order valence-electron chi connectivity index (χ0n) is 9.65. The van der Waals surface area contributed by atoms with Crippen molar-refractivity contribution >= 4 is 34.8 Å². The lowest BCUT2D eigenvalue weighted by Gasteiger charge is -2.08. The molecule has 2 aromatic rings. The summed E-state index contributed by atoms with van der Waals surface area (Å²) in [7, 11) is 0. The molecular weight excluding hydrogens is 273 g/mol. The molecule has 0 fully saturated rings. The van der Waals surface area contributed by atoms with E-state index in [0.717, 1.165) is 0 Å². The Hall–Kier alpha value is -1.52. The third-order valence-electron chi connectivity index (χ3n) is 2.45. The number of rotatable bonds is 3. The van der Waals surface area contributed by atoms with Crippen LogP contribution in [0.4, 0.5) is 5.69 Å². The van der Waals surface area contributed by atoms with E-state index in [9.17, 15) is 4.79 Å². The van der Waals surface area contributed by atoms with Gasteiger partial charge in [0.25, 0.3) is 5.91 Å². The predicted molar refractivity (Wildman–Crippen MR) is 72.3 cm³/mol. The van der Waals surface area contributed by atoms with Crippen LogP contribution in [0.25, 0.3) is 0 Å². The van der Waals surface area contributed by atoms with Gasteiger partial charge in [-0.1, -0.05) is 23.2 Å². The largest absolute Gasteiger partial charge is 0.342 e. The van der Waals surface area contributed by atoms with Crippen LogP contribution in [0.1, 0.15) is 17.4 Å². The third kappa shape index (κ3) is 2.66. The molecule has 0 aliphatic carbocycles. The lowest BCUT2D eigenvalue weighted by Crippen LogP contribution is -2.16. The van der Waals surface area contributed by atoms with E-state index in [4.69, 9.17) is 23.2 Å². The summed E-state index contributed by atoms with van der Waals surface area (Å²) in [6.45, 7) is 2.60. The highest BCUT2D eigenvalue weighted by Crippen LogP contribution is 2.21. The Balaban J connectivity index is 2.25. The molecule has 1 N–H and O–H groups in total. The average Bonchev–Trinajstić information content (AvgIpc) is 2.73. The highest BCUT2D eigenvalue weighted by atomic mass is 35.5. The molecule has 6 heteroatoms. The zero-order valence-corrected chi connectivity index (χ0v) is 11.2. The maximum Gasteiger partial charge on any atom is 0.272 e. The summed E-state index contributed by atoms with van der Waals surface area (Å²) in [5, 5.41) is 3.67. The van der Waals surface area contributed by atoms with E-state index in [0.29, 0.717) is 28.0 Å². The summed E-state index contributed by atoms with van der Waals surface area (Å²) in [6.07, 6.45) is 4.77. The van der Waals surface area contributed by atoms with E-state index in [1.807, 2.05) is 6.92 Å². The molecule has 0 radical (unpaired) electrons. The molecule has 0 aromatic carbocycles. The number of halogens is 2. The van der Waals surface area contributed by atoms with Gasteiger partial charge in [0.05, 0.1) is 21.9 Å². The minimum absolute atomic E-state index is 0.265. The minimum Gasteiger partial charge on any atom is -0.342 e. The molecule has 0 aliphatic heterocycles. The van der Waals surface area contributed by atoms with E-state index >= 15 is 0 Å². The van der Waals surface area contributed by atoms with Crippen LogP contribution in [0.2, 0.25) is 10.0 Å². The molecule has 18 heavy (non-hydrogen) atoms. The van der Waals surface area contributed by atoms with Crippen molar-refractivity contribution in [2.24, 2.45) is 0 Å². The maximum absolute atomic E-state index is 12.1. The summed E-state index contributed by atoms with van der Waals surface area (Å²) in [6, 6.07) is 3.23. The second-order valence-electron chi connectivity index (χ2n) is 3.64. The monoisotopic (exact) mass is 283 g/mol. The Morgan fingerprint density at radius 3 is 2.94 bits per heavy atom. The molecule has 4 nitrogen and oxygen atoms in total. The van der Waals surface area contributed by atoms with Crippen LogP contribution in [0.3, 0.4) is 0 Å². The first-order valence-electron chi connectivity index (χ1n) is 5.38.